The van der Waals surface area contributed by atoms with Crippen molar-refractivity contribution in [3.8, 4) is 0 Å². The lowest BCUT2D eigenvalue weighted by Gasteiger charge is -2.44. The van der Waals surface area contributed by atoms with Crippen molar-refractivity contribution in [1.29, 1.82) is 0 Å². The van der Waals surface area contributed by atoms with Crippen LogP contribution in [0.15, 0.2) is 23.1 Å². The minimum atomic E-state index is -3.46. The Morgan fingerprint density at radius 1 is 1.33 bits per heavy atom. The third kappa shape index (κ3) is 2.99. The van der Waals surface area contributed by atoms with E-state index in [1.54, 1.807) is 12.1 Å². The van der Waals surface area contributed by atoms with Gasteiger partial charge in [0, 0.05) is 19.1 Å². The molecule has 1 unspecified atom stereocenters. The molecule has 1 aromatic rings. The van der Waals surface area contributed by atoms with Crippen LogP contribution >= 0.6 is 0 Å². The van der Waals surface area contributed by atoms with E-state index in [1.165, 1.54) is 0 Å². The van der Waals surface area contributed by atoms with Crippen molar-refractivity contribution in [2.24, 2.45) is 11.7 Å². The summed E-state index contributed by atoms with van der Waals surface area (Å²) in [5.74, 6) is 0.476. The molecule has 3 N–H and O–H groups in total. The molecule has 0 radical (unpaired) electrons. The van der Waals surface area contributed by atoms with E-state index in [4.69, 9.17) is 5.73 Å². The SMILES string of the molecule is Cc1ccc(S(=O)(=O)NC2CN3CCC2CC3)cc1CN. The topological polar surface area (TPSA) is 75.4 Å². The van der Waals surface area contributed by atoms with Crippen LogP contribution in [-0.2, 0) is 16.6 Å². The standard InChI is InChI=1S/C15H23N3O2S/c1-11-2-3-14(8-13(11)9-16)21(19,20)17-15-10-18-6-4-12(15)5-7-18/h2-3,8,12,15,17H,4-7,9-10,16H2,1H3. The number of rotatable bonds is 4. The summed E-state index contributed by atoms with van der Waals surface area (Å²) in [6, 6.07) is 5.23. The fourth-order valence-corrected chi connectivity index (χ4v) is 4.75. The second-order valence-electron chi connectivity index (χ2n) is 6.16. The molecular formula is C15H23N3O2S. The number of nitrogens with two attached hydrogens (primary N) is 1. The summed E-state index contributed by atoms with van der Waals surface area (Å²) in [6.07, 6.45) is 2.18. The van der Waals surface area contributed by atoms with Gasteiger partial charge >= 0.3 is 0 Å². The van der Waals surface area contributed by atoms with Crippen molar-refractivity contribution in [1.82, 2.24) is 9.62 Å². The molecule has 1 aromatic carbocycles. The van der Waals surface area contributed by atoms with Crippen molar-refractivity contribution in [3.63, 3.8) is 0 Å². The Bertz CT molecular complexity index is 622. The lowest BCUT2D eigenvalue weighted by molar-refractivity contribution is 0.0827. The van der Waals surface area contributed by atoms with Crippen LogP contribution in [0.4, 0.5) is 0 Å². The van der Waals surface area contributed by atoms with E-state index in [2.05, 4.69) is 9.62 Å². The number of nitrogens with one attached hydrogen (secondary N) is 1. The number of sulfonamides is 1. The first-order valence-electron chi connectivity index (χ1n) is 7.54. The summed E-state index contributed by atoms with van der Waals surface area (Å²) in [6.45, 7) is 5.34. The number of benzene rings is 1. The Morgan fingerprint density at radius 3 is 2.62 bits per heavy atom. The van der Waals surface area contributed by atoms with Gasteiger partial charge in [0.2, 0.25) is 10.0 Å². The summed E-state index contributed by atoms with van der Waals surface area (Å²) in [7, 11) is -3.46. The molecule has 0 aliphatic carbocycles. The summed E-state index contributed by atoms with van der Waals surface area (Å²) < 4.78 is 28.1. The molecule has 4 rings (SSSR count). The van der Waals surface area contributed by atoms with Gasteiger partial charge in [-0.2, -0.15) is 0 Å². The number of fused-ring (bicyclic) bond motifs is 3. The van der Waals surface area contributed by atoms with Gasteiger partial charge in [-0.05, 0) is 62.0 Å². The van der Waals surface area contributed by atoms with Crippen molar-refractivity contribution < 1.29 is 8.42 Å². The van der Waals surface area contributed by atoms with Crippen molar-refractivity contribution >= 4 is 10.0 Å². The van der Waals surface area contributed by atoms with Crippen LogP contribution in [-0.4, -0.2) is 39.0 Å². The highest BCUT2D eigenvalue weighted by atomic mass is 32.2. The maximum absolute atomic E-state index is 12.6. The highest BCUT2D eigenvalue weighted by Gasteiger charge is 2.36. The van der Waals surface area contributed by atoms with Gasteiger partial charge in [-0.15, -0.1) is 0 Å². The van der Waals surface area contributed by atoms with Gasteiger partial charge in [-0.25, -0.2) is 13.1 Å². The molecule has 3 aliphatic heterocycles. The quantitative estimate of drug-likeness (QED) is 0.864. The molecule has 0 aromatic heterocycles. The highest BCUT2D eigenvalue weighted by molar-refractivity contribution is 7.89. The zero-order valence-electron chi connectivity index (χ0n) is 12.4. The molecule has 0 amide bonds. The van der Waals surface area contributed by atoms with Gasteiger partial charge in [0.05, 0.1) is 4.90 Å². The van der Waals surface area contributed by atoms with Crippen molar-refractivity contribution in [3.05, 3.63) is 29.3 Å². The van der Waals surface area contributed by atoms with E-state index >= 15 is 0 Å². The van der Waals surface area contributed by atoms with Gasteiger partial charge in [-0.3, -0.25) is 0 Å². The second kappa shape index (κ2) is 5.68. The molecule has 3 saturated heterocycles. The zero-order valence-corrected chi connectivity index (χ0v) is 13.2. The molecule has 2 bridgehead atoms. The smallest absolute Gasteiger partial charge is 0.240 e. The number of hydrogen-bond donors (Lipinski definition) is 2. The van der Waals surface area contributed by atoms with Gasteiger partial charge < -0.3 is 10.6 Å². The zero-order chi connectivity index (χ0) is 15.0. The maximum Gasteiger partial charge on any atom is 0.240 e. The molecule has 0 spiro atoms. The molecule has 21 heavy (non-hydrogen) atoms. The summed E-state index contributed by atoms with van der Waals surface area (Å²) in [5.41, 5.74) is 7.58. The third-order valence-electron chi connectivity index (χ3n) is 4.81. The van der Waals surface area contributed by atoms with E-state index in [-0.39, 0.29) is 6.04 Å². The predicted molar refractivity (Wildman–Crippen MR) is 82.3 cm³/mol. The molecule has 3 aliphatic rings. The Labute approximate surface area is 126 Å². The van der Waals surface area contributed by atoms with E-state index in [0.717, 1.165) is 43.6 Å². The van der Waals surface area contributed by atoms with Crippen LogP contribution in [0.25, 0.3) is 0 Å². The molecule has 116 valence electrons. The minimum Gasteiger partial charge on any atom is -0.326 e. The fourth-order valence-electron chi connectivity index (χ4n) is 3.40. The van der Waals surface area contributed by atoms with E-state index in [1.807, 2.05) is 13.0 Å². The first kappa shape index (κ1) is 15.0. The molecular weight excluding hydrogens is 286 g/mol. The third-order valence-corrected chi connectivity index (χ3v) is 6.30. The van der Waals surface area contributed by atoms with Crippen molar-refractivity contribution in [2.45, 2.75) is 37.2 Å². The molecule has 1 atom stereocenters. The monoisotopic (exact) mass is 309 g/mol. The van der Waals surface area contributed by atoms with Crippen LogP contribution in [0.1, 0.15) is 24.0 Å². The lowest BCUT2D eigenvalue weighted by atomic mass is 9.85. The van der Waals surface area contributed by atoms with Crippen molar-refractivity contribution in [2.75, 3.05) is 19.6 Å². The minimum absolute atomic E-state index is 0.0418. The molecule has 3 heterocycles. The van der Waals surface area contributed by atoms with Gasteiger partial charge in [-0.1, -0.05) is 6.07 Å². The molecule has 6 heteroatoms. The number of piperidine rings is 3. The Balaban J connectivity index is 1.81. The number of nitrogens with zero attached hydrogens (tertiary/aromatic N) is 1. The average Bonchev–Trinajstić information content (AvgIpc) is 2.48. The van der Waals surface area contributed by atoms with Crippen LogP contribution in [0, 0.1) is 12.8 Å². The summed E-state index contributed by atoms with van der Waals surface area (Å²) in [4.78, 5) is 2.66. The van der Waals surface area contributed by atoms with E-state index in [9.17, 15) is 8.42 Å². The first-order valence-corrected chi connectivity index (χ1v) is 9.02. The summed E-state index contributed by atoms with van der Waals surface area (Å²) >= 11 is 0. The van der Waals surface area contributed by atoms with E-state index < -0.39 is 10.0 Å². The fraction of sp³-hybridized carbons (Fsp3) is 0.600. The predicted octanol–water partition coefficient (Wildman–Crippen LogP) is 0.826. The van der Waals surface area contributed by atoms with Gasteiger partial charge in [0.1, 0.15) is 0 Å². The van der Waals surface area contributed by atoms with Gasteiger partial charge in [0.15, 0.2) is 0 Å². The molecule has 3 fully saturated rings. The van der Waals surface area contributed by atoms with E-state index in [0.29, 0.717) is 17.4 Å². The van der Waals surface area contributed by atoms with Gasteiger partial charge in [0.25, 0.3) is 0 Å². The maximum atomic E-state index is 12.6. The van der Waals surface area contributed by atoms with Crippen LogP contribution < -0.4 is 10.5 Å². The average molecular weight is 309 g/mol. The van der Waals surface area contributed by atoms with Crippen LogP contribution in [0.2, 0.25) is 0 Å². The Morgan fingerprint density at radius 2 is 2.05 bits per heavy atom. The van der Waals surface area contributed by atoms with Crippen LogP contribution in [0.5, 0.6) is 0 Å². The summed E-state index contributed by atoms with van der Waals surface area (Å²) in [5, 5.41) is 0. The molecule has 5 nitrogen and oxygen atoms in total. The highest BCUT2D eigenvalue weighted by Crippen LogP contribution is 2.28. The van der Waals surface area contributed by atoms with Crippen LogP contribution in [0.3, 0.4) is 0 Å². The lowest BCUT2D eigenvalue weighted by Crippen LogP contribution is -2.57. The normalized spacial score (nSPS) is 28.8. The Kier molecular flexibility index (Phi) is 4.05. The Hall–Kier alpha value is -0.950. The largest absolute Gasteiger partial charge is 0.326 e. The second-order valence-corrected chi connectivity index (χ2v) is 7.87. The number of aryl methyl sites for hydroxylation is 1. The number of hydrogen-bond acceptors (Lipinski definition) is 4. The molecule has 0 saturated carbocycles. The first-order chi connectivity index (χ1) is 9.99.